The highest BCUT2D eigenvalue weighted by Gasteiger charge is 2.17. The molecule has 0 spiro atoms. The number of thioether (sulfide) groups is 1. The van der Waals surface area contributed by atoms with Gasteiger partial charge in [0.25, 0.3) is 5.22 Å². The standard InChI is InChI=1S/C16H18N2O6S/c1-5-13-17-18-16(24-13)25-12(15(19)20)8-9-6-10(21-2)14(23-4)11(7-9)22-3/h6-8H,5H2,1-4H3,(H,19,20)/b12-8-. The molecule has 0 fully saturated rings. The van der Waals surface area contributed by atoms with Gasteiger partial charge in [0.2, 0.25) is 11.6 Å². The van der Waals surface area contributed by atoms with Gasteiger partial charge in [-0.05, 0) is 35.5 Å². The van der Waals surface area contributed by atoms with Crippen molar-refractivity contribution >= 4 is 23.8 Å². The Morgan fingerprint density at radius 1 is 1.20 bits per heavy atom. The number of benzene rings is 1. The van der Waals surface area contributed by atoms with E-state index in [1.54, 1.807) is 12.1 Å². The van der Waals surface area contributed by atoms with Gasteiger partial charge in [-0.3, -0.25) is 0 Å². The minimum absolute atomic E-state index is 0.0144. The molecule has 1 aromatic carbocycles. The highest BCUT2D eigenvalue weighted by molar-refractivity contribution is 8.03. The van der Waals surface area contributed by atoms with Crippen molar-refractivity contribution < 1.29 is 28.5 Å². The molecule has 0 aliphatic heterocycles. The highest BCUT2D eigenvalue weighted by atomic mass is 32.2. The van der Waals surface area contributed by atoms with Crippen molar-refractivity contribution in [2.45, 2.75) is 18.6 Å². The van der Waals surface area contributed by atoms with Crippen LogP contribution in [0.4, 0.5) is 0 Å². The molecular formula is C16H18N2O6S. The van der Waals surface area contributed by atoms with Crippen LogP contribution in [0.15, 0.2) is 26.7 Å². The first-order chi connectivity index (χ1) is 12.0. The molecule has 1 aromatic heterocycles. The summed E-state index contributed by atoms with van der Waals surface area (Å²) in [5.41, 5.74) is 0.564. The Hall–Kier alpha value is -2.68. The van der Waals surface area contributed by atoms with Crippen LogP contribution in [0, 0.1) is 0 Å². The van der Waals surface area contributed by atoms with Crippen LogP contribution in [0.2, 0.25) is 0 Å². The fourth-order valence-corrected chi connectivity index (χ4v) is 2.68. The van der Waals surface area contributed by atoms with E-state index >= 15 is 0 Å². The quantitative estimate of drug-likeness (QED) is 0.558. The van der Waals surface area contributed by atoms with Crippen molar-refractivity contribution in [1.29, 1.82) is 0 Å². The Balaban J connectivity index is 2.40. The SMILES string of the molecule is CCc1nnc(S/C(=C\c2cc(OC)c(OC)c(OC)c2)C(=O)O)o1. The fourth-order valence-electron chi connectivity index (χ4n) is 1.99. The van der Waals surface area contributed by atoms with E-state index in [0.717, 1.165) is 11.8 Å². The van der Waals surface area contributed by atoms with Crippen LogP contribution in [0.3, 0.4) is 0 Å². The van der Waals surface area contributed by atoms with E-state index in [2.05, 4.69) is 10.2 Å². The summed E-state index contributed by atoms with van der Waals surface area (Å²) in [4.78, 5) is 11.6. The third kappa shape index (κ3) is 4.44. The molecule has 0 unspecified atom stereocenters. The second-order valence-electron chi connectivity index (χ2n) is 4.69. The summed E-state index contributed by atoms with van der Waals surface area (Å²) in [5, 5.41) is 17.2. The van der Waals surface area contributed by atoms with Gasteiger partial charge in [0.15, 0.2) is 11.5 Å². The molecule has 1 heterocycles. The van der Waals surface area contributed by atoms with Gasteiger partial charge in [0, 0.05) is 6.42 Å². The third-order valence-corrected chi connectivity index (χ3v) is 4.00. The number of hydrogen-bond donors (Lipinski definition) is 1. The lowest BCUT2D eigenvalue weighted by molar-refractivity contribution is -0.131. The number of hydrogen-bond acceptors (Lipinski definition) is 8. The zero-order chi connectivity index (χ0) is 18.4. The molecule has 0 bridgehead atoms. The van der Waals surface area contributed by atoms with Gasteiger partial charge in [-0.1, -0.05) is 6.92 Å². The van der Waals surface area contributed by atoms with Gasteiger partial charge < -0.3 is 23.7 Å². The summed E-state index contributed by atoms with van der Waals surface area (Å²) in [6.45, 7) is 1.87. The monoisotopic (exact) mass is 366 g/mol. The Morgan fingerprint density at radius 3 is 2.28 bits per heavy atom. The van der Waals surface area contributed by atoms with Crippen LogP contribution in [-0.2, 0) is 11.2 Å². The molecule has 0 saturated heterocycles. The predicted octanol–water partition coefficient (Wildman–Crippen LogP) is 2.88. The number of aryl methyl sites for hydroxylation is 1. The van der Waals surface area contributed by atoms with Crippen molar-refractivity contribution in [1.82, 2.24) is 10.2 Å². The number of carboxylic acid groups (broad SMARTS) is 1. The average molecular weight is 366 g/mol. The molecule has 0 radical (unpaired) electrons. The summed E-state index contributed by atoms with van der Waals surface area (Å²) in [6.07, 6.45) is 2.04. The third-order valence-electron chi connectivity index (χ3n) is 3.14. The average Bonchev–Trinajstić information content (AvgIpc) is 3.07. The van der Waals surface area contributed by atoms with Gasteiger partial charge in [-0.25, -0.2) is 4.79 Å². The van der Waals surface area contributed by atoms with Crippen LogP contribution < -0.4 is 14.2 Å². The number of ether oxygens (including phenoxy) is 3. The van der Waals surface area contributed by atoms with E-state index in [4.69, 9.17) is 18.6 Å². The molecule has 8 nitrogen and oxygen atoms in total. The summed E-state index contributed by atoms with van der Waals surface area (Å²) >= 11 is 0.873. The van der Waals surface area contributed by atoms with Gasteiger partial charge >= 0.3 is 5.97 Å². The molecule has 1 N–H and O–H groups in total. The lowest BCUT2D eigenvalue weighted by Crippen LogP contribution is -1.98. The number of nitrogens with zero attached hydrogens (tertiary/aromatic N) is 2. The number of carboxylic acids is 1. The largest absolute Gasteiger partial charge is 0.493 e. The van der Waals surface area contributed by atoms with Crippen LogP contribution >= 0.6 is 11.8 Å². The number of methoxy groups -OCH3 is 3. The minimum atomic E-state index is -1.12. The molecule has 0 amide bonds. The fraction of sp³-hybridized carbons (Fsp3) is 0.312. The lowest BCUT2D eigenvalue weighted by atomic mass is 10.1. The van der Waals surface area contributed by atoms with Gasteiger partial charge in [0.05, 0.1) is 21.3 Å². The Kier molecular flexibility index (Phi) is 6.29. The number of aliphatic carboxylic acids is 1. The summed E-state index contributed by atoms with van der Waals surface area (Å²) < 4.78 is 21.1. The van der Waals surface area contributed by atoms with E-state index in [9.17, 15) is 9.90 Å². The summed E-state index contributed by atoms with van der Waals surface area (Å²) in [5.74, 6) is 0.606. The first-order valence-electron chi connectivity index (χ1n) is 7.27. The highest BCUT2D eigenvalue weighted by Crippen LogP contribution is 2.39. The van der Waals surface area contributed by atoms with Crippen molar-refractivity contribution in [2.75, 3.05) is 21.3 Å². The smallest absolute Gasteiger partial charge is 0.342 e. The molecule has 134 valence electrons. The molecule has 2 aromatic rings. The second-order valence-corrected chi connectivity index (χ2v) is 5.68. The first kappa shape index (κ1) is 18.7. The molecule has 0 saturated carbocycles. The van der Waals surface area contributed by atoms with Crippen molar-refractivity contribution in [2.24, 2.45) is 0 Å². The molecule has 2 rings (SSSR count). The summed E-state index contributed by atoms with van der Waals surface area (Å²) in [6, 6.07) is 3.30. The molecule has 25 heavy (non-hydrogen) atoms. The zero-order valence-electron chi connectivity index (χ0n) is 14.2. The van der Waals surface area contributed by atoms with E-state index < -0.39 is 5.97 Å². The number of rotatable bonds is 8. The Bertz CT molecular complexity index is 762. The maximum Gasteiger partial charge on any atom is 0.342 e. The zero-order valence-corrected chi connectivity index (χ0v) is 15.0. The second kappa shape index (κ2) is 8.43. The Labute approximate surface area is 148 Å². The van der Waals surface area contributed by atoms with Gasteiger partial charge in [-0.2, -0.15) is 0 Å². The first-order valence-corrected chi connectivity index (χ1v) is 8.09. The normalized spacial score (nSPS) is 11.3. The van der Waals surface area contributed by atoms with Crippen molar-refractivity contribution in [3.8, 4) is 17.2 Å². The Morgan fingerprint density at radius 2 is 1.84 bits per heavy atom. The minimum Gasteiger partial charge on any atom is -0.493 e. The molecular weight excluding hydrogens is 348 g/mol. The van der Waals surface area contributed by atoms with Gasteiger partial charge in [-0.15, -0.1) is 10.2 Å². The maximum absolute atomic E-state index is 11.6. The van der Waals surface area contributed by atoms with Crippen LogP contribution in [0.25, 0.3) is 6.08 Å². The number of carbonyl (C=O) groups is 1. The van der Waals surface area contributed by atoms with Crippen LogP contribution in [0.5, 0.6) is 17.2 Å². The molecule has 0 aliphatic rings. The lowest BCUT2D eigenvalue weighted by Gasteiger charge is -2.13. The summed E-state index contributed by atoms with van der Waals surface area (Å²) in [7, 11) is 4.47. The predicted molar refractivity (Wildman–Crippen MR) is 91.2 cm³/mol. The number of aromatic nitrogens is 2. The van der Waals surface area contributed by atoms with Crippen molar-refractivity contribution in [3.05, 3.63) is 28.5 Å². The topological polar surface area (TPSA) is 104 Å². The van der Waals surface area contributed by atoms with E-state index in [0.29, 0.717) is 35.1 Å². The molecule has 0 aliphatic carbocycles. The van der Waals surface area contributed by atoms with E-state index in [-0.39, 0.29) is 10.1 Å². The molecule has 9 heteroatoms. The van der Waals surface area contributed by atoms with Crippen molar-refractivity contribution in [3.63, 3.8) is 0 Å². The van der Waals surface area contributed by atoms with Crippen LogP contribution in [-0.4, -0.2) is 42.6 Å². The molecule has 0 atom stereocenters. The van der Waals surface area contributed by atoms with E-state index in [1.807, 2.05) is 6.92 Å². The van der Waals surface area contributed by atoms with E-state index in [1.165, 1.54) is 27.4 Å². The van der Waals surface area contributed by atoms with Gasteiger partial charge in [0.1, 0.15) is 4.91 Å². The maximum atomic E-state index is 11.6. The van der Waals surface area contributed by atoms with Crippen LogP contribution in [0.1, 0.15) is 18.4 Å².